The van der Waals surface area contributed by atoms with E-state index in [2.05, 4.69) is 35.1 Å². The number of carbonyl (C=O) groups is 2. The van der Waals surface area contributed by atoms with Gasteiger partial charge >= 0.3 is 12.1 Å². The molecular weight excluding hydrogens is 629 g/mol. The van der Waals surface area contributed by atoms with Crippen LogP contribution in [0, 0.1) is 11.6 Å². The van der Waals surface area contributed by atoms with Crippen LogP contribution in [0.25, 0.3) is 33.5 Å². The number of benzene rings is 2. The van der Waals surface area contributed by atoms with E-state index in [1.54, 1.807) is 18.2 Å². The predicted molar refractivity (Wildman–Crippen MR) is 155 cm³/mol. The first-order valence-electron chi connectivity index (χ1n) is 14.7. The molecule has 7 rings (SSSR count). The highest BCUT2D eigenvalue weighted by molar-refractivity contribution is 5.95. The molecule has 0 unspecified atom stereocenters. The minimum Gasteiger partial charge on any atom is -0.417 e. The van der Waals surface area contributed by atoms with E-state index in [0.29, 0.717) is 50.5 Å². The lowest BCUT2D eigenvalue weighted by Crippen LogP contribution is -2.44. The first-order chi connectivity index (χ1) is 22.5. The Morgan fingerprint density at radius 2 is 1.87 bits per heavy atom. The van der Waals surface area contributed by atoms with Gasteiger partial charge in [-0.25, -0.2) is 18.6 Å². The number of hydrogen-bond acceptors (Lipinski definition) is 8. The zero-order valence-electron chi connectivity index (χ0n) is 24.8. The lowest BCUT2D eigenvalue weighted by Gasteiger charge is -2.31. The average molecular weight is 656 g/mol. The van der Waals surface area contributed by atoms with Gasteiger partial charge in [-0.05, 0) is 47.4 Å². The van der Waals surface area contributed by atoms with E-state index in [0.717, 1.165) is 29.3 Å². The average Bonchev–Trinajstić information content (AvgIpc) is 3.78. The summed E-state index contributed by atoms with van der Waals surface area (Å²) in [6.07, 6.45) is -2.90. The molecule has 0 saturated carbocycles. The third-order valence-electron chi connectivity index (χ3n) is 8.38. The zero-order valence-corrected chi connectivity index (χ0v) is 24.8. The summed E-state index contributed by atoms with van der Waals surface area (Å²) in [4.78, 5) is 36.0. The van der Waals surface area contributed by atoms with Gasteiger partial charge in [0.2, 0.25) is 5.91 Å². The first-order valence-corrected chi connectivity index (χ1v) is 14.7. The Labute approximate surface area is 262 Å². The van der Waals surface area contributed by atoms with Crippen molar-refractivity contribution in [1.29, 1.82) is 0 Å². The number of amides is 1. The first kappa shape index (κ1) is 30.5. The zero-order chi connectivity index (χ0) is 33.0. The van der Waals surface area contributed by atoms with Gasteiger partial charge in [0.1, 0.15) is 23.7 Å². The van der Waals surface area contributed by atoms with Crippen molar-refractivity contribution in [1.82, 2.24) is 44.7 Å². The number of nitrogens with one attached hydrogen (secondary N) is 2. The van der Waals surface area contributed by atoms with Crippen molar-refractivity contribution in [3.05, 3.63) is 65.0 Å². The van der Waals surface area contributed by atoms with Crippen LogP contribution in [0.4, 0.5) is 22.0 Å². The van der Waals surface area contributed by atoms with E-state index in [1.807, 2.05) is 9.47 Å². The molecule has 3 aromatic heterocycles. The number of esters is 1. The van der Waals surface area contributed by atoms with E-state index in [1.165, 1.54) is 12.1 Å². The quantitative estimate of drug-likeness (QED) is 0.160. The Bertz CT molecular complexity index is 2030. The largest absolute Gasteiger partial charge is 0.491 e. The van der Waals surface area contributed by atoms with E-state index in [9.17, 15) is 27.2 Å². The fourth-order valence-corrected chi connectivity index (χ4v) is 5.99. The molecule has 0 atom stereocenters. The maximum atomic E-state index is 15.7. The number of imidazole rings is 1. The highest BCUT2D eigenvalue weighted by Gasteiger charge is 2.42. The number of carbonyl (C=O) groups excluding carboxylic acids is 2. The highest BCUT2D eigenvalue weighted by Crippen LogP contribution is 2.36. The summed E-state index contributed by atoms with van der Waals surface area (Å²) in [6.45, 7) is 4.65. The van der Waals surface area contributed by atoms with E-state index >= 15 is 4.39 Å². The topological polar surface area (TPSA) is 138 Å². The second-order valence-electron chi connectivity index (χ2n) is 11.4. The van der Waals surface area contributed by atoms with E-state index in [-0.39, 0.29) is 46.6 Å². The molecule has 17 heteroatoms. The maximum Gasteiger partial charge on any atom is 0.491 e. The monoisotopic (exact) mass is 655 g/mol. The van der Waals surface area contributed by atoms with Crippen LogP contribution < -0.4 is 4.74 Å². The van der Waals surface area contributed by atoms with Gasteiger partial charge in [-0.2, -0.15) is 18.3 Å². The van der Waals surface area contributed by atoms with Crippen LogP contribution in [0.5, 0.6) is 5.75 Å². The smallest absolute Gasteiger partial charge is 0.417 e. The molecule has 0 radical (unpaired) electrons. The molecule has 0 fully saturated rings. The van der Waals surface area contributed by atoms with Crippen molar-refractivity contribution < 1.29 is 36.3 Å². The number of ether oxygens (including phenoxy) is 1. The van der Waals surface area contributed by atoms with Crippen molar-refractivity contribution in [3.8, 4) is 28.4 Å². The van der Waals surface area contributed by atoms with Gasteiger partial charge in [0, 0.05) is 26.1 Å². The summed E-state index contributed by atoms with van der Waals surface area (Å²) >= 11 is 0. The van der Waals surface area contributed by atoms with Gasteiger partial charge in [0.05, 0.1) is 41.9 Å². The molecule has 47 heavy (non-hydrogen) atoms. The minimum atomic E-state index is -5.30. The van der Waals surface area contributed by atoms with Gasteiger partial charge in [0.15, 0.2) is 17.4 Å². The Kier molecular flexibility index (Phi) is 7.49. The van der Waals surface area contributed by atoms with Crippen LogP contribution in [0.1, 0.15) is 29.7 Å². The van der Waals surface area contributed by atoms with E-state index in [4.69, 9.17) is 0 Å². The molecule has 244 valence electrons. The summed E-state index contributed by atoms with van der Waals surface area (Å²) in [5.74, 6) is -4.23. The predicted octanol–water partition coefficient (Wildman–Crippen LogP) is 3.92. The number of aromatic nitrogens is 7. The Balaban J connectivity index is 1.11. The number of aromatic amines is 2. The number of H-pyrrole nitrogens is 2. The lowest BCUT2D eigenvalue weighted by atomic mass is 9.96. The van der Waals surface area contributed by atoms with Crippen LogP contribution in [0.15, 0.2) is 30.6 Å². The van der Waals surface area contributed by atoms with Crippen LogP contribution in [0.3, 0.4) is 0 Å². The molecule has 5 aromatic rings. The van der Waals surface area contributed by atoms with Crippen molar-refractivity contribution in [3.63, 3.8) is 0 Å². The van der Waals surface area contributed by atoms with Gasteiger partial charge in [-0.1, -0.05) is 6.92 Å². The number of halogens is 5. The highest BCUT2D eigenvalue weighted by atomic mass is 19.4. The van der Waals surface area contributed by atoms with Crippen LogP contribution in [-0.2, 0) is 42.1 Å². The van der Waals surface area contributed by atoms with Crippen LogP contribution >= 0.6 is 0 Å². The van der Waals surface area contributed by atoms with Crippen LogP contribution in [-0.4, -0.2) is 82.4 Å². The molecule has 2 aromatic carbocycles. The summed E-state index contributed by atoms with van der Waals surface area (Å²) in [6, 6.07) is 4.61. The normalized spacial score (nSPS) is 15.1. The molecule has 0 saturated heterocycles. The third kappa shape index (κ3) is 5.70. The molecule has 0 bridgehead atoms. The van der Waals surface area contributed by atoms with Crippen molar-refractivity contribution in [2.75, 3.05) is 19.6 Å². The number of nitrogens with zero attached hydrogens (tertiary/aromatic N) is 7. The SMILES string of the molecule is CCc1cc(OC(=O)C(F)(F)F)c(F)cc1-c1cc(F)c2c(-c3nc4c([nH]3)CN(C(=O)CN3CCn5cnnc5C3)CC4)n[nH]c2c1. The standard InChI is InChI=1S/C30H26F5N9O3/c1-2-15-9-23(47-29(46)30(33,34)35)18(31)10-17(15)16-7-19(32)26-21(8-16)39-41-27(26)28-37-20-3-4-43(11-22(20)38-28)25(45)13-42-5-6-44-14-36-40-24(44)12-42/h7-10,14H,2-6,11-13H2,1H3,(H,37,38)(H,39,41). The second-order valence-corrected chi connectivity index (χ2v) is 11.4. The number of aryl methyl sites for hydroxylation is 1. The molecule has 5 heterocycles. The van der Waals surface area contributed by atoms with E-state index < -0.39 is 29.5 Å². The lowest BCUT2D eigenvalue weighted by molar-refractivity contribution is -0.189. The Morgan fingerprint density at radius 1 is 1.04 bits per heavy atom. The van der Waals surface area contributed by atoms with Crippen molar-refractivity contribution in [2.24, 2.45) is 0 Å². The fraction of sp³-hybridized carbons (Fsp3) is 0.333. The molecule has 1 amide bonds. The third-order valence-corrected chi connectivity index (χ3v) is 8.38. The summed E-state index contributed by atoms with van der Waals surface area (Å²) in [7, 11) is 0. The Morgan fingerprint density at radius 3 is 2.66 bits per heavy atom. The number of fused-ring (bicyclic) bond motifs is 3. The number of rotatable bonds is 6. The summed E-state index contributed by atoms with van der Waals surface area (Å²) in [5.41, 5.74) is 2.73. The number of alkyl halides is 3. The fourth-order valence-electron chi connectivity index (χ4n) is 5.99. The van der Waals surface area contributed by atoms with Crippen LogP contribution in [0.2, 0.25) is 0 Å². The van der Waals surface area contributed by atoms with Crippen molar-refractivity contribution >= 4 is 22.8 Å². The minimum absolute atomic E-state index is 0.0296. The number of hydrogen-bond donors (Lipinski definition) is 2. The molecule has 0 spiro atoms. The molecule has 0 aliphatic carbocycles. The molecule has 2 aliphatic heterocycles. The van der Waals surface area contributed by atoms with Gasteiger partial charge < -0.3 is 19.2 Å². The maximum absolute atomic E-state index is 15.7. The van der Waals surface area contributed by atoms with Gasteiger partial charge in [-0.15, -0.1) is 10.2 Å². The summed E-state index contributed by atoms with van der Waals surface area (Å²) < 4.78 is 74.7. The van der Waals surface area contributed by atoms with Gasteiger partial charge in [-0.3, -0.25) is 14.8 Å². The molecular formula is C30H26F5N9O3. The molecule has 12 nitrogen and oxygen atoms in total. The molecule has 2 aliphatic rings. The Hall–Kier alpha value is -5.19. The molecule has 2 N–H and O–H groups in total. The summed E-state index contributed by atoms with van der Waals surface area (Å²) in [5, 5.41) is 15.2. The second kappa shape index (κ2) is 11.6. The van der Waals surface area contributed by atoms with Crippen molar-refractivity contribution in [2.45, 2.75) is 45.6 Å². The van der Waals surface area contributed by atoms with Gasteiger partial charge in [0.25, 0.3) is 0 Å².